The molecule has 0 bridgehead atoms. The topological polar surface area (TPSA) is 59.5 Å². The summed E-state index contributed by atoms with van der Waals surface area (Å²) < 4.78 is 34.3. The number of hydrogen-bond donors (Lipinski definition) is 0. The molecule has 29 heavy (non-hydrogen) atoms. The summed E-state index contributed by atoms with van der Waals surface area (Å²) in [6.45, 7) is 6.64. The maximum Gasteiger partial charge on any atom is 0.243 e. The van der Waals surface area contributed by atoms with Gasteiger partial charge in [0.25, 0.3) is 0 Å². The molecule has 2 aromatic carbocycles. The molecule has 1 aliphatic rings. The predicted molar refractivity (Wildman–Crippen MR) is 115 cm³/mol. The maximum absolute atomic E-state index is 13.3. The van der Waals surface area contributed by atoms with Crippen molar-refractivity contribution in [3.05, 3.63) is 65.4 Å². The van der Waals surface area contributed by atoms with Gasteiger partial charge in [0.05, 0.1) is 4.90 Å². The monoisotopic (exact) mass is 410 g/mol. The van der Waals surface area contributed by atoms with E-state index in [1.54, 1.807) is 10.5 Å². The molecule has 0 saturated carbocycles. The van der Waals surface area contributed by atoms with E-state index in [9.17, 15) is 8.42 Å². The third-order valence-electron chi connectivity index (χ3n) is 5.49. The molecule has 1 fully saturated rings. The Balaban J connectivity index is 1.49. The zero-order chi connectivity index (χ0) is 20.6. The van der Waals surface area contributed by atoms with E-state index in [2.05, 4.69) is 4.98 Å². The van der Waals surface area contributed by atoms with Crippen molar-refractivity contribution in [3.63, 3.8) is 0 Å². The highest BCUT2D eigenvalue weighted by Gasteiger charge is 2.32. The smallest absolute Gasteiger partial charge is 0.243 e. The molecule has 2 heterocycles. The summed E-state index contributed by atoms with van der Waals surface area (Å²) in [5.41, 5.74) is 3.54. The molecule has 5 nitrogen and oxygen atoms in total. The van der Waals surface area contributed by atoms with Gasteiger partial charge in [-0.05, 0) is 56.9 Å². The number of para-hydroxylation sites is 1. The van der Waals surface area contributed by atoms with Crippen molar-refractivity contribution in [2.75, 3.05) is 13.1 Å². The van der Waals surface area contributed by atoms with E-state index in [0.717, 1.165) is 33.3 Å². The lowest BCUT2D eigenvalue weighted by molar-refractivity contribution is 0.136. The number of aromatic nitrogens is 1. The Morgan fingerprint density at radius 3 is 2.34 bits per heavy atom. The van der Waals surface area contributed by atoms with Crippen molar-refractivity contribution in [1.82, 2.24) is 9.29 Å². The maximum atomic E-state index is 13.3. The second-order valence-corrected chi connectivity index (χ2v) is 9.66. The number of sulfonamides is 1. The van der Waals surface area contributed by atoms with Crippen LogP contribution in [0.15, 0.2) is 53.6 Å². The Morgan fingerprint density at radius 2 is 1.66 bits per heavy atom. The van der Waals surface area contributed by atoms with E-state index in [1.807, 2.05) is 63.2 Å². The molecule has 1 aliphatic heterocycles. The van der Waals surface area contributed by atoms with Crippen LogP contribution < -0.4 is 4.74 Å². The van der Waals surface area contributed by atoms with E-state index in [4.69, 9.17) is 4.74 Å². The largest absolute Gasteiger partial charge is 0.488 e. The molecule has 1 aromatic heterocycles. The van der Waals surface area contributed by atoms with Gasteiger partial charge in [0.15, 0.2) is 0 Å². The van der Waals surface area contributed by atoms with Gasteiger partial charge in [-0.3, -0.25) is 4.98 Å². The molecule has 0 amide bonds. The third kappa shape index (κ3) is 3.87. The van der Waals surface area contributed by atoms with E-state index in [-0.39, 0.29) is 6.10 Å². The molecule has 6 heteroatoms. The lowest BCUT2D eigenvalue weighted by atomic mass is 10.1. The molecule has 0 aliphatic carbocycles. The molecular weight excluding hydrogens is 384 g/mol. The van der Waals surface area contributed by atoms with E-state index in [1.165, 1.54) is 0 Å². The van der Waals surface area contributed by atoms with E-state index in [0.29, 0.717) is 30.8 Å². The van der Waals surface area contributed by atoms with Crippen molar-refractivity contribution in [3.8, 4) is 5.75 Å². The highest BCUT2D eigenvalue weighted by Crippen LogP contribution is 2.30. The molecule has 0 N–H and O–H groups in total. The first-order chi connectivity index (χ1) is 13.9. The highest BCUT2D eigenvalue weighted by atomic mass is 32.2. The number of hydrogen-bond acceptors (Lipinski definition) is 4. The average molecular weight is 411 g/mol. The molecule has 1 saturated heterocycles. The Kier molecular flexibility index (Phi) is 5.32. The fourth-order valence-corrected chi connectivity index (χ4v) is 6.13. The molecule has 3 aromatic rings. The molecule has 0 radical (unpaired) electrons. The Labute approximate surface area is 172 Å². The van der Waals surface area contributed by atoms with Crippen molar-refractivity contribution in [2.24, 2.45) is 0 Å². The highest BCUT2D eigenvalue weighted by molar-refractivity contribution is 7.89. The second-order valence-electron chi connectivity index (χ2n) is 7.78. The SMILES string of the molecule is Cc1cc(C)c(S(=O)(=O)N2CCC(Oc3cccc4cccnc34)CC2)c(C)c1. The molecular formula is C23H26N2O3S. The van der Waals surface area contributed by atoms with Crippen LogP contribution in [0.1, 0.15) is 29.5 Å². The van der Waals surface area contributed by atoms with Crippen molar-refractivity contribution >= 4 is 20.9 Å². The second kappa shape index (κ2) is 7.76. The minimum Gasteiger partial charge on any atom is -0.488 e. The number of nitrogens with zero attached hydrogens (tertiary/aromatic N) is 2. The normalized spacial score (nSPS) is 16.2. The van der Waals surface area contributed by atoms with Crippen LogP contribution >= 0.6 is 0 Å². The van der Waals surface area contributed by atoms with Gasteiger partial charge in [-0.2, -0.15) is 4.31 Å². The molecule has 0 spiro atoms. The summed E-state index contributed by atoms with van der Waals surface area (Å²) in [6.07, 6.45) is 3.06. The lowest BCUT2D eigenvalue weighted by Crippen LogP contribution is -2.42. The summed E-state index contributed by atoms with van der Waals surface area (Å²) >= 11 is 0. The first kappa shape index (κ1) is 19.9. The Hall–Kier alpha value is -2.44. The number of rotatable bonds is 4. The van der Waals surface area contributed by atoms with E-state index < -0.39 is 10.0 Å². The first-order valence-corrected chi connectivity index (χ1v) is 11.4. The zero-order valence-corrected chi connectivity index (χ0v) is 17.9. The first-order valence-electron chi connectivity index (χ1n) is 9.94. The summed E-state index contributed by atoms with van der Waals surface area (Å²) in [6, 6.07) is 13.7. The van der Waals surface area contributed by atoms with E-state index >= 15 is 0 Å². The minimum atomic E-state index is -3.51. The van der Waals surface area contributed by atoms with Crippen LogP contribution in [-0.4, -0.2) is 36.9 Å². The molecule has 0 unspecified atom stereocenters. The van der Waals surface area contributed by atoms with Gasteiger partial charge in [0.2, 0.25) is 10.0 Å². The van der Waals surface area contributed by atoms with Crippen molar-refractivity contribution < 1.29 is 13.2 Å². The quantitative estimate of drug-likeness (QED) is 0.640. The minimum absolute atomic E-state index is 0.0192. The van der Waals surface area contributed by atoms with Crippen LogP contribution in [0.2, 0.25) is 0 Å². The number of pyridine rings is 1. The van der Waals surface area contributed by atoms with Gasteiger partial charge in [-0.15, -0.1) is 0 Å². The van der Waals surface area contributed by atoms with Crippen LogP contribution in [0, 0.1) is 20.8 Å². The molecule has 4 rings (SSSR count). The van der Waals surface area contributed by atoms with Crippen LogP contribution in [0.3, 0.4) is 0 Å². The molecule has 152 valence electrons. The third-order valence-corrected chi connectivity index (χ3v) is 7.70. The summed E-state index contributed by atoms with van der Waals surface area (Å²) in [5, 5.41) is 1.04. The number of piperidine rings is 1. The summed E-state index contributed by atoms with van der Waals surface area (Å²) in [5.74, 6) is 0.759. The average Bonchev–Trinajstić information content (AvgIpc) is 2.68. The van der Waals surface area contributed by atoms with Gasteiger partial charge >= 0.3 is 0 Å². The van der Waals surface area contributed by atoms with Crippen molar-refractivity contribution in [1.29, 1.82) is 0 Å². The Bertz CT molecular complexity index is 1120. The standard InChI is InChI=1S/C23H26N2O3S/c1-16-14-17(2)23(18(3)15-16)29(26,27)25-12-9-20(10-13-25)28-21-8-4-6-19-7-5-11-24-22(19)21/h4-8,11,14-15,20H,9-10,12-13H2,1-3H3. The van der Waals surface area contributed by atoms with Crippen LogP contribution in [0.25, 0.3) is 10.9 Å². The predicted octanol–water partition coefficient (Wildman–Crippen LogP) is 4.39. The fraction of sp³-hybridized carbons (Fsp3) is 0.348. The van der Waals surface area contributed by atoms with Gasteiger partial charge in [0.1, 0.15) is 17.4 Å². The number of benzene rings is 2. The van der Waals surface area contributed by atoms with Crippen LogP contribution in [0.5, 0.6) is 5.75 Å². The lowest BCUT2D eigenvalue weighted by Gasteiger charge is -2.32. The number of aryl methyl sites for hydroxylation is 3. The van der Waals surface area contributed by atoms with Crippen LogP contribution in [-0.2, 0) is 10.0 Å². The Morgan fingerprint density at radius 1 is 1.00 bits per heavy atom. The zero-order valence-electron chi connectivity index (χ0n) is 17.1. The van der Waals surface area contributed by atoms with Gasteiger partial charge in [-0.25, -0.2) is 8.42 Å². The molecule has 0 atom stereocenters. The van der Waals surface area contributed by atoms with Gasteiger partial charge < -0.3 is 4.74 Å². The number of ether oxygens (including phenoxy) is 1. The fourth-order valence-electron chi connectivity index (χ4n) is 4.24. The van der Waals surface area contributed by atoms with Crippen molar-refractivity contribution in [2.45, 2.75) is 44.6 Å². The summed E-state index contributed by atoms with van der Waals surface area (Å²) in [7, 11) is -3.51. The van der Waals surface area contributed by atoms with Gasteiger partial charge in [-0.1, -0.05) is 35.9 Å². The van der Waals surface area contributed by atoms with Crippen LogP contribution in [0.4, 0.5) is 0 Å². The summed E-state index contributed by atoms with van der Waals surface area (Å²) in [4.78, 5) is 4.88. The van der Waals surface area contributed by atoms with Gasteiger partial charge in [0, 0.05) is 24.7 Å². The number of fused-ring (bicyclic) bond motifs is 1.